The largest absolute Gasteiger partial charge is 0.493 e. The number of rotatable bonds is 8. The number of benzene rings is 1. The van der Waals surface area contributed by atoms with Gasteiger partial charge in [-0.2, -0.15) is 10.4 Å². The fraction of sp³-hybridized carbons (Fsp3) is 0.350. The van der Waals surface area contributed by atoms with Gasteiger partial charge in [0.05, 0.1) is 19.4 Å². The van der Waals surface area contributed by atoms with Crippen molar-refractivity contribution in [1.29, 1.82) is 5.26 Å². The molecule has 2 aromatic rings. The van der Waals surface area contributed by atoms with Gasteiger partial charge >= 0.3 is 0 Å². The second kappa shape index (κ2) is 9.54. The van der Waals surface area contributed by atoms with E-state index in [0.717, 1.165) is 22.6 Å². The molecule has 1 aromatic heterocycles. The highest BCUT2D eigenvalue weighted by Gasteiger charge is 2.10. The standard InChI is InChI=1S/C20H24N4O2/c1-14(2)12-26-18-7-5-16(6-8-18)11-22-24-20-19(10-21)17(13-25-4)9-15(3)23-20/h5-9,11,14H,12-13H2,1-4H3,(H,23,24)/b22-11-. The molecular weight excluding hydrogens is 328 g/mol. The van der Waals surface area contributed by atoms with Crippen LogP contribution in [0.25, 0.3) is 0 Å². The Kier molecular flexibility index (Phi) is 7.12. The van der Waals surface area contributed by atoms with Gasteiger partial charge < -0.3 is 9.47 Å². The average Bonchev–Trinajstić information content (AvgIpc) is 2.61. The van der Waals surface area contributed by atoms with Gasteiger partial charge in [0.1, 0.15) is 17.4 Å². The van der Waals surface area contributed by atoms with E-state index in [9.17, 15) is 5.26 Å². The number of hydrogen-bond donors (Lipinski definition) is 1. The van der Waals surface area contributed by atoms with E-state index in [4.69, 9.17) is 9.47 Å². The van der Waals surface area contributed by atoms with E-state index in [1.54, 1.807) is 13.3 Å². The van der Waals surface area contributed by atoms with Crippen LogP contribution < -0.4 is 10.2 Å². The fourth-order valence-electron chi connectivity index (χ4n) is 2.30. The number of pyridine rings is 1. The molecule has 1 N–H and O–H groups in total. The number of methoxy groups -OCH3 is 1. The second-order valence-corrected chi connectivity index (χ2v) is 6.34. The number of nitriles is 1. The maximum Gasteiger partial charge on any atom is 0.164 e. The molecule has 0 spiro atoms. The maximum absolute atomic E-state index is 9.40. The van der Waals surface area contributed by atoms with Gasteiger partial charge in [0.2, 0.25) is 0 Å². The van der Waals surface area contributed by atoms with Crippen molar-refractivity contribution in [3.8, 4) is 11.8 Å². The molecule has 0 bridgehead atoms. The van der Waals surface area contributed by atoms with Crippen LogP contribution in [0.4, 0.5) is 5.82 Å². The molecule has 0 atom stereocenters. The summed E-state index contributed by atoms with van der Waals surface area (Å²) in [5.74, 6) is 1.74. The van der Waals surface area contributed by atoms with Gasteiger partial charge in [0.15, 0.2) is 5.82 Å². The van der Waals surface area contributed by atoms with Gasteiger partial charge in [-0.3, -0.25) is 5.43 Å². The van der Waals surface area contributed by atoms with Crippen molar-refractivity contribution in [2.75, 3.05) is 19.1 Å². The predicted molar refractivity (Wildman–Crippen MR) is 102 cm³/mol. The minimum Gasteiger partial charge on any atom is -0.493 e. The zero-order chi connectivity index (χ0) is 18.9. The smallest absolute Gasteiger partial charge is 0.164 e. The Morgan fingerprint density at radius 3 is 2.65 bits per heavy atom. The first-order valence-electron chi connectivity index (χ1n) is 8.45. The molecule has 0 aliphatic carbocycles. The summed E-state index contributed by atoms with van der Waals surface area (Å²) in [7, 11) is 1.59. The molecule has 6 nitrogen and oxygen atoms in total. The van der Waals surface area contributed by atoms with Gasteiger partial charge in [-0.25, -0.2) is 4.98 Å². The first kappa shape index (κ1) is 19.4. The van der Waals surface area contributed by atoms with E-state index in [2.05, 4.69) is 35.4 Å². The molecule has 0 saturated carbocycles. The normalized spacial score (nSPS) is 10.9. The molecule has 0 unspecified atom stereocenters. The lowest BCUT2D eigenvalue weighted by atomic mass is 10.1. The van der Waals surface area contributed by atoms with E-state index in [0.29, 0.717) is 30.5 Å². The molecule has 1 aromatic carbocycles. The van der Waals surface area contributed by atoms with Crippen LogP contribution in [0.2, 0.25) is 0 Å². The third-order valence-corrected chi connectivity index (χ3v) is 3.49. The van der Waals surface area contributed by atoms with Crippen molar-refractivity contribution in [2.24, 2.45) is 11.0 Å². The summed E-state index contributed by atoms with van der Waals surface area (Å²) in [6, 6.07) is 11.7. The summed E-state index contributed by atoms with van der Waals surface area (Å²) >= 11 is 0. The molecule has 0 amide bonds. The number of ether oxygens (including phenoxy) is 2. The zero-order valence-corrected chi connectivity index (χ0v) is 15.6. The second-order valence-electron chi connectivity index (χ2n) is 6.34. The van der Waals surface area contributed by atoms with Crippen molar-refractivity contribution in [2.45, 2.75) is 27.4 Å². The monoisotopic (exact) mass is 352 g/mol. The third kappa shape index (κ3) is 5.57. The van der Waals surface area contributed by atoms with Gasteiger partial charge in [-0.05, 0) is 48.7 Å². The summed E-state index contributed by atoms with van der Waals surface area (Å²) in [4.78, 5) is 4.35. The van der Waals surface area contributed by atoms with Crippen LogP contribution >= 0.6 is 0 Å². The number of aryl methyl sites for hydroxylation is 1. The summed E-state index contributed by atoms with van der Waals surface area (Å²) in [6.07, 6.45) is 1.67. The first-order valence-corrected chi connectivity index (χ1v) is 8.45. The van der Waals surface area contributed by atoms with Crippen LogP contribution in [0.1, 0.15) is 36.2 Å². The molecule has 0 radical (unpaired) electrons. The lowest BCUT2D eigenvalue weighted by Crippen LogP contribution is -2.04. The average molecular weight is 352 g/mol. The van der Waals surface area contributed by atoms with Crippen molar-refractivity contribution in [3.05, 3.63) is 52.7 Å². The fourth-order valence-corrected chi connectivity index (χ4v) is 2.30. The SMILES string of the molecule is COCc1cc(C)nc(N/N=C\c2ccc(OCC(C)C)cc2)c1C#N. The van der Waals surface area contributed by atoms with E-state index < -0.39 is 0 Å². The zero-order valence-electron chi connectivity index (χ0n) is 15.6. The van der Waals surface area contributed by atoms with E-state index in [1.807, 2.05) is 37.3 Å². The Balaban J connectivity index is 2.07. The predicted octanol–water partition coefficient (Wildman–Crippen LogP) is 3.89. The van der Waals surface area contributed by atoms with Crippen molar-refractivity contribution in [3.63, 3.8) is 0 Å². The topological polar surface area (TPSA) is 79.5 Å². The Morgan fingerprint density at radius 1 is 1.31 bits per heavy atom. The molecule has 6 heteroatoms. The van der Waals surface area contributed by atoms with E-state index in [-0.39, 0.29) is 0 Å². The highest BCUT2D eigenvalue weighted by molar-refractivity contribution is 5.80. The first-order chi connectivity index (χ1) is 12.5. The quantitative estimate of drug-likeness (QED) is 0.576. The minimum absolute atomic E-state index is 0.350. The van der Waals surface area contributed by atoms with Crippen molar-refractivity contribution in [1.82, 2.24) is 4.98 Å². The van der Waals surface area contributed by atoms with Crippen LogP contribution in [0, 0.1) is 24.2 Å². The molecule has 1 heterocycles. The maximum atomic E-state index is 9.40. The van der Waals surface area contributed by atoms with Crippen molar-refractivity contribution >= 4 is 12.0 Å². The minimum atomic E-state index is 0.350. The Morgan fingerprint density at radius 2 is 2.04 bits per heavy atom. The Labute approximate surface area is 154 Å². The lowest BCUT2D eigenvalue weighted by molar-refractivity contribution is 0.184. The number of nitrogens with one attached hydrogen (secondary N) is 1. The molecule has 0 aliphatic heterocycles. The number of anilines is 1. The molecular formula is C20H24N4O2. The number of hydrogen-bond acceptors (Lipinski definition) is 6. The highest BCUT2D eigenvalue weighted by atomic mass is 16.5. The lowest BCUT2D eigenvalue weighted by Gasteiger charge is -2.09. The highest BCUT2D eigenvalue weighted by Crippen LogP contribution is 2.19. The van der Waals surface area contributed by atoms with Crippen LogP contribution in [0.15, 0.2) is 35.4 Å². The summed E-state index contributed by atoms with van der Waals surface area (Å²) < 4.78 is 10.8. The van der Waals surface area contributed by atoms with E-state index in [1.165, 1.54) is 0 Å². The molecule has 0 fully saturated rings. The number of aromatic nitrogens is 1. The third-order valence-electron chi connectivity index (χ3n) is 3.49. The molecule has 26 heavy (non-hydrogen) atoms. The Hall–Kier alpha value is -2.91. The Bertz CT molecular complexity index is 793. The van der Waals surface area contributed by atoms with Crippen LogP contribution in [0.5, 0.6) is 5.75 Å². The summed E-state index contributed by atoms with van der Waals surface area (Å²) in [5.41, 5.74) is 5.78. The van der Waals surface area contributed by atoms with Crippen LogP contribution in [0.3, 0.4) is 0 Å². The summed E-state index contributed by atoms with van der Waals surface area (Å²) in [6.45, 7) is 7.13. The van der Waals surface area contributed by atoms with Crippen LogP contribution in [-0.2, 0) is 11.3 Å². The number of nitrogens with zero attached hydrogens (tertiary/aromatic N) is 3. The number of hydrazone groups is 1. The van der Waals surface area contributed by atoms with Gasteiger partial charge in [-0.1, -0.05) is 13.8 Å². The van der Waals surface area contributed by atoms with Crippen LogP contribution in [-0.4, -0.2) is 24.9 Å². The van der Waals surface area contributed by atoms with Gasteiger partial charge in [0, 0.05) is 18.4 Å². The molecule has 2 rings (SSSR count). The van der Waals surface area contributed by atoms with Gasteiger partial charge in [0.25, 0.3) is 0 Å². The molecule has 0 aliphatic rings. The molecule has 0 saturated heterocycles. The van der Waals surface area contributed by atoms with Gasteiger partial charge in [-0.15, -0.1) is 0 Å². The summed E-state index contributed by atoms with van der Waals surface area (Å²) in [5, 5.41) is 13.6. The van der Waals surface area contributed by atoms with E-state index >= 15 is 0 Å². The molecule has 136 valence electrons. The van der Waals surface area contributed by atoms with Crippen molar-refractivity contribution < 1.29 is 9.47 Å².